The van der Waals surface area contributed by atoms with Gasteiger partial charge in [-0.1, -0.05) is 48.3 Å². The Kier molecular flexibility index (Phi) is 3.85. The van der Waals surface area contributed by atoms with Crippen LogP contribution >= 0.6 is 0 Å². The number of likely N-dealkylation sites (tertiary alicyclic amines) is 1. The maximum Gasteiger partial charge on any atom is 0.229 e. The van der Waals surface area contributed by atoms with E-state index < -0.39 is 0 Å². The van der Waals surface area contributed by atoms with E-state index in [1.165, 1.54) is 18.4 Å². The summed E-state index contributed by atoms with van der Waals surface area (Å²) in [7, 11) is 0. The van der Waals surface area contributed by atoms with Crippen molar-refractivity contribution >= 4 is 5.91 Å². The van der Waals surface area contributed by atoms with Gasteiger partial charge in [0.1, 0.15) is 0 Å². The number of amides is 1. The lowest BCUT2D eigenvalue weighted by Crippen LogP contribution is -2.25. The molecule has 0 spiro atoms. The molecule has 2 aliphatic rings. The van der Waals surface area contributed by atoms with Crippen molar-refractivity contribution in [3.8, 4) is 0 Å². The van der Waals surface area contributed by atoms with Gasteiger partial charge in [-0.25, -0.2) is 0 Å². The smallest absolute Gasteiger partial charge is 0.229 e. The van der Waals surface area contributed by atoms with Crippen LogP contribution in [0.15, 0.2) is 34.9 Å². The van der Waals surface area contributed by atoms with Crippen molar-refractivity contribution in [1.29, 1.82) is 0 Å². The summed E-state index contributed by atoms with van der Waals surface area (Å²) < 4.78 is 5.41. The molecule has 1 atom stereocenters. The first-order chi connectivity index (χ1) is 11.3. The van der Waals surface area contributed by atoms with Crippen LogP contribution in [-0.4, -0.2) is 27.5 Å². The van der Waals surface area contributed by atoms with Crippen LogP contribution in [-0.2, 0) is 11.3 Å². The Balaban J connectivity index is 1.42. The van der Waals surface area contributed by atoms with Gasteiger partial charge in [0.25, 0.3) is 0 Å². The maximum atomic E-state index is 12.3. The highest BCUT2D eigenvalue weighted by molar-refractivity contribution is 5.79. The van der Waals surface area contributed by atoms with Gasteiger partial charge in [-0.15, -0.1) is 0 Å². The van der Waals surface area contributed by atoms with Gasteiger partial charge in [0, 0.05) is 24.8 Å². The largest absolute Gasteiger partial charge is 0.339 e. The molecule has 5 heteroatoms. The molecule has 1 aliphatic carbocycles. The molecule has 5 nitrogen and oxygen atoms in total. The number of hydrogen-bond donors (Lipinski definition) is 0. The second kappa shape index (κ2) is 6.14. The summed E-state index contributed by atoms with van der Waals surface area (Å²) in [5.41, 5.74) is 1.23. The molecule has 23 heavy (non-hydrogen) atoms. The second-order valence-electron chi connectivity index (χ2n) is 6.62. The van der Waals surface area contributed by atoms with Gasteiger partial charge in [-0.05, 0) is 18.4 Å². The van der Waals surface area contributed by atoms with Crippen LogP contribution in [0.2, 0.25) is 0 Å². The molecule has 4 rings (SSSR count). The third-order valence-corrected chi connectivity index (χ3v) is 5.01. The predicted octanol–water partition coefficient (Wildman–Crippen LogP) is 3.24. The van der Waals surface area contributed by atoms with Gasteiger partial charge >= 0.3 is 0 Å². The molecule has 0 unspecified atom stereocenters. The zero-order valence-electron chi connectivity index (χ0n) is 13.1. The van der Waals surface area contributed by atoms with Gasteiger partial charge in [0.2, 0.25) is 11.8 Å². The van der Waals surface area contributed by atoms with Crippen LogP contribution in [0, 0.1) is 0 Å². The third kappa shape index (κ3) is 3.00. The fourth-order valence-electron chi connectivity index (χ4n) is 3.71. The highest BCUT2D eigenvalue weighted by Crippen LogP contribution is 2.33. The Morgan fingerprint density at radius 2 is 1.91 bits per heavy atom. The van der Waals surface area contributed by atoms with Gasteiger partial charge in [-0.3, -0.25) is 4.79 Å². The van der Waals surface area contributed by atoms with Crippen molar-refractivity contribution in [3.05, 3.63) is 47.6 Å². The van der Waals surface area contributed by atoms with E-state index in [2.05, 4.69) is 22.3 Å². The van der Waals surface area contributed by atoms with E-state index in [9.17, 15) is 4.79 Å². The van der Waals surface area contributed by atoms with E-state index in [-0.39, 0.29) is 11.8 Å². The molecule has 1 saturated carbocycles. The van der Waals surface area contributed by atoms with E-state index >= 15 is 0 Å². The van der Waals surface area contributed by atoms with Crippen LogP contribution < -0.4 is 0 Å². The highest BCUT2D eigenvalue weighted by Gasteiger charge is 2.32. The van der Waals surface area contributed by atoms with Gasteiger partial charge in [0.05, 0.1) is 6.54 Å². The molecule has 2 aromatic rings. The van der Waals surface area contributed by atoms with E-state index in [4.69, 9.17) is 4.52 Å². The molecular formula is C18H21N3O2. The number of hydrogen-bond acceptors (Lipinski definition) is 4. The van der Waals surface area contributed by atoms with Crippen molar-refractivity contribution in [3.63, 3.8) is 0 Å². The number of nitrogens with zero attached hydrogens (tertiary/aromatic N) is 3. The predicted molar refractivity (Wildman–Crippen MR) is 84.7 cm³/mol. The number of aromatic nitrogens is 2. The van der Waals surface area contributed by atoms with Crippen molar-refractivity contribution < 1.29 is 9.32 Å². The number of carbonyl (C=O) groups excluding carboxylic acids is 1. The van der Waals surface area contributed by atoms with Crippen molar-refractivity contribution in [2.45, 2.75) is 50.5 Å². The number of rotatable bonds is 4. The number of benzene rings is 1. The summed E-state index contributed by atoms with van der Waals surface area (Å²) in [5, 5.41) is 4.08. The molecule has 1 aromatic carbocycles. The molecule has 0 N–H and O–H groups in total. The first kappa shape index (κ1) is 14.4. The van der Waals surface area contributed by atoms with Crippen LogP contribution in [0.1, 0.15) is 61.2 Å². The summed E-state index contributed by atoms with van der Waals surface area (Å²) in [6, 6.07) is 10.2. The van der Waals surface area contributed by atoms with Crippen molar-refractivity contribution in [2.75, 3.05) is 6.54 Å². The highest BCUT2D eigenvalue weighted by atomic mass is 16.5. The van der Waals surface area contributed by atoms with Gasteiger partial charge in [0.15, 0.2) is 5.82 Å². The molecule has 0 bridgehead atoms. The maximum absolute atomic E-state index is 12.3. The Morgan fingerprint density at radius 1 is 1.13 bits per heavy atom. The molecule has 1 aromatic heterocycles. The molecule has 2 fully saturated rings. The zero-order chi connectivity index (χ0) is 15.6. The van der Waals surface area contributed by atoms with E-state index in [1.54, 1.807) is 0 Å². The summed E-state index contributed by atoms with van der Waals surface area (Å²) >= 11 is 0. The molecule has 0 radical (unpaired) electrons. The van der Waals surface area contributed by atoms with E-state index in [0.29, 0.717) is 24.7 Å². The Labute approximate surface area is 135 Å². The van der Waals surface area contributed by atoms with Crippen LogP contribution in [0.5, 0.6) is 0 Å². The van der Waals surface area contributed by atoms with Gasteiger partial charge in [-0.2, -0.15) is 4.98 Å². The van der Waals surface area contributed by atoms with Crippen molar-refractivity contribution in [2.24, 2.45) is 0 Å². The first-order valence-electron chi connectivity index (χ1n) is 8.45. The Hall–Kier alpha value is -2.17. The molecule has 1 aliphatic heterocycles. The van der Waals surface area contributed by atoms with Gasteiger partial charge < -0.3 is 9.42 Å². The SMILES string of the molecule is O=C1C[C@H](c2ccccc2)CN1Cc1noc(C2CCCC2)n1. The zero-order valence-corrected chi connectivity index (χ0v) is 13.1. The lowest BCUT2D eigenvalue weighted by Gasteiger charge is -2.14. The molecule has 1 saturated heterocycles. The topological polar surface area (TPSA) is 59.2 Å². The minimum Gasteiger partial charge on any atom is -0.339 e. The summed E-state index contributed by atoms with van der Waals surface area (Å²) in [5.74, 6) is 2.25. The second-order valence-corrected chi connectivity index (χ2v) is 6.62. The minimum absolute atomic E-state index is 0.172. The summed E-state index contributed by atoms with van der Waals surface area (Å²) in [4.78, 5) is 18.6. The number of carbonyl (C=O) groups is 1. The molecular weight excluding hydrogens is 290 g/mol. The third-order valence-electron chi connectivity index (χ3n) is 5.01. The van der Waals surface area contributed by atoms with E-state index in [1.807, 2.05) is 23.1 Å². The van der Waals surface area contributed by atoms with Crippen LogP contribution in [0.4, 0.5) is 0 Å². The van der Waals surface area contributed by atoms with E-state index in [0.717, 1.165) is 25.3 Å². The average molecular weight is 311 g/mol. The average Bonchev–Trinajstić information content (AvgIpc) is 3.30. The first-order valence-corrected chi connectivity index (χ1v) is 8.45. The normalized spacial score (nSPS) is 22.2. The lowest BCUT2D eigenvalue weighted by atomic mass is 9.99. The Bertz CT molecular complexity index is 677. The Morgan fingerprint density at radius 3 is 2.70 bits per heavy atom. The van der Waals surface area contributed by atoms with Crippen molar-refractivity contribution in [1.82, 2.24) is 15.0 Å². The molecule has 120 valence electrons. The molecule has 2 heterocycles. The quantitative estimate of drug-likeness (QED) is 0.869. The summed E-state index contributed by atoms with van der Waals surface area (Å²) in [6.45, 7) is 1.19. The monoisotopic (exact) mass is 311 g/mol. The fraction of sp³-hybridized carbons (Fsp3) is 0.500. The fourth-order valence-corrected chi connectivity index (χ4v) is 3.71. The van der Waals surface area contributed by atoms with Crippen LogP contribution in [0.3, 0.4) is 0 Å². The molecule has 1 amide bonds. The minimum atomic E-state index is 0.172. The standard InChI is InChI=1S/C18H21N3O2/c22-17-10-15(13-6-2-1-3-7-13)11-21(17)12-16-19-18(23-20-16)14-8-4-5-9-14/h1-3,6-7,14-15H,4-5,8-12H2/t15-/m0/s1. The summed E-state index contributed by atoms with van der Waals surface area (Å²) in [6.07, 6.45) is 5.33. The lowest BCUT2D eigenvalue weighted by molar-refractivity contribution is -0.128. The van der Waals surface area contributed by atoms with Crippen LogP contribution in [0.25, 0.3) is 0 Å².